The standard InChI is InChI=1S/C36H40N4O8/c1-17-21(5-9-33(41)42)29-14-27-19(3)22(6-10-34(43)44)30(39-27)15-28-20(4)24(8-12-36(47)48)32(40-28)16-31-23(7-11-35(45)46)18(2)26(38-31)13-25(17)37-29/h13-16,25,29,37,39H,5-12H2,1-4H3,(H,41,42)(H,43,44)(H,45,46)(H,47,48). The number of carboxylic acids is 4. The number of carboxylic acid groups (broad SMARTS) is 4. The molecule has 1 aromatic heterocycles. The zero-order valence-electron chi connectivity index (χ0n) is 27.4. The topological polar surface area (TPSA) is 202 Å². The second-order valence-corrected chi connectivity index (χ2v) is 12.6. The van der Waals surface area contributed by atoms with Crippen LogP contribution in [0.15, 0.2) is 67.0 Å². The molecule has 5 rings (SSSR count). The van der Waals surface area contributed by atoms with Gasteiger partial charge in [-0.2, -0.15) is 0 Å². The molecule has 8 bridgehead atoms. The van der Waals surface area contributed by atoms with E-state index in [0.29, 0.717) is 34.6 Å². The van der Waals surface area contributed by atoms with Gasteiger partial charge in [-0.15, -0.1) is 0 Å². The average Bonchev–Trinajstić information content (AvgIpc) is 3.66. The van der Waals surface area contributed by atoms with Crippen molar-refractivity contribution in [2.45, 2.75) is 91.1 Å². The summed E-state index contributed by atoms with van der Waals surface area (Å²) in [5.74, 6) is -3.72. The number of carbonyl (C=O) groups is 4. The normalized spacial score (nSPS) is 20.2. The summed E-state index contributed by atoms with van der Waals surface area (Å²) in [6.07, 6.45) is 8.36. The maximum atomic E-state index is 11.6. The highest BCUT2D eigenvalue weighted by Crippen LogP contribution is 2.36. The molecule has 0 aliphatic carbocycles. The first kappa shape index (κ1) is 34.2. The lowest BCUT2D eigenvalue weighted by Crippen LogP contribution is -2.32. The summed E-state index contributed by atoms with van der Waals surface area (Å²) < 4.78 is 0. The number of nitrogens with one attached hydrogen (secondary N) is 2. The number of allylic oxidation sites excluding steroid dienone is 5. The van der Waals surface area contributed by atoms with Crippen molar-refractivity contribution in [3.63, 3.8) is 0 Å². The van der Waals surface area contributed by atoms with E-state index < -0.39 is 23.9 Å². The molecule has 5 heterocycles. The molecule has 1 aromatic rings. The maximum Gasteiger partial charge on any atom is 0.303 e. The molecular formula is C36H40N4O8. The molecule has 0 fully saturated rings. The van der Waals surface area contributed by atoms with Crippen molar-refractivity contribution in [1.29, 1.82) is 0 Å². The minimum Gasteiger partial charge on any atom is -0.481 e. The third-order valence-corrected chi connectivity index (χ3v) is 9.52. The van der Waals surface area contributed by atoms with E-state index >= 15 is 0 Å². The number of hydrogen-bond acceptors (Lipinski definition) is 7. The monoisotopic (exact) mass is 656 g/mol. The number of nitrogens with zero attached hydrogens (tertiary/aromatic N) is 2. The summed E-state index contributed by atoms with van der Waals surface area (Å²) in [4.78, 5) is 59.8. The van der Waals surface area contributed by atoms with Crippen molar-refractivity contribution < 1.29 is 39.6 Å². The average molecular weight is 657 g/mol. The number of aliphatic imine (C=N–C) groups is 2. The fraction of sp³-hybridized carbons (Fsp3) is 0.389. The summed E-state index contributed by atoms with van der Waals surface area (Å²) in [6.45, 7) is 7.67. The van der Waals surface area contributed by atoms with Crippen LogP contribution in [-0.2, 0) is 25.6 Å². The Morgan fingerprint density at radius 1 is 0.646 bits per heavy atom. The second kappa shape index (κ2) is 13.9. The van der Waals surface area contributed by atoms with Gasteiger partial charge in [0.2, 0.25) is 0 Å². The molecule has 6 N–H and O–H groups in total. The quantitative estimate of drug-likeness (QED) is 0.182. The highest BCUT2D eigenvalue weighted by atomic mass is 16.4. The molecule has 4 aliphatic rings. The molecule has 2 atom stereocenters. The van der Waals surface area contributed by atoms with Gasteiger partial charge in [0.1, 0.15) is 0 Å². The van der Waals surface area contributed by atoms with Gasteiger partial charge in [-0.1, -0.05) is 5.57 Å². The van der Waals surface area contributed by atoms with Gasteiger partial charge in [0.05, 0.1) is 22.8 Å². The molecule has 252 valence electrons. The van der Waals surface area contributed by atoms with Crippen LogP contribution in [0.5, 0.6) is 0 Å². The van der Waals surface area contributed by atoms with Crippen LogP contribution in [0, 0.1) is 6.92 Å². The van der Waals surface area contributed by atoms with Crippen molar-refractivity contribution in [3.05, 3.63) is 78.8 Å². The van der Waals surface area contributed by atoms with E-state index in [1.165, 1.54) is 0 Å². The Hall–Kier alpha value is -5.10. The lowest BCUT2D eigenvalue weighted by atomic mass is 9.95. The van der Waals surface area contributed by atoms with Gasteiger partial charge in [0.15, 0.2) is 0 Å². The molecule has 4 aliphatic heterocycles. The zero-order chi connectivity index (χ0) is 34.9. The number of fused-ring (bicyclic) bond motifs is 6. The number of aromatic amines is 1. The highest BCUT2D eigenvalue weighted by molar-refractivity contribution is 6.24. The van der Waals surface area contributed by atoms with Crippen LogP contribution in [0.25, 0.3) is 12.2 Å². The van der Waals surface area contributed by atoms with Crippen molar-refractivity contribution in [3.8, 4) is 0 Å². The number of rotatable bonds is 12. The fourth-order valence-electron chi connectivity index (χ4n) is 6.79. The summed E-state index contributed by atoms with van der Waals surface area (Å²) in [6, 6.07) is -0.613. The number of aliphatic carboxylic acids is 4. The summed E-state index contributed by atoms with van der Waals surface area (Å²) in [7, 11) is 0. The second-order valence-electron chi connectivity index (χ2n) is 12.6. The number of H-pyrrole nitrogens is 1. The van der Waals surface area contributed by atoms with Crippen molar-refractivity contribution >= 4 is 47.5 Å². The first-order chi connectivity index (χ1) is 22.7. The molecule has 12 heteroatoms. The van der Waals surface area contributed by atoms with Gasteiger partial charge >= 0.3 is 23.9 Å². The van der Waals surface area contributed by atoms with Gasteiger partial charge in [-0.05, 0) is 117 Å². The van der Waals surface area contributed by atoms with Crippen LogP contribution in [0.1, 0.15) is 76.8 Å². The third kappa shape index (κ3) is 7.23. The SMILES string of the molecule is CC1=C(CCC(=O)O)C2=CC3=NC(=CC4NC(C=c5[nH]c(c(CCC(=O)O)c5C)=CC1=N2)C(CCC(=O)O)=C4C)C(C)=C3CCC(=O)O. The van der Waals surface area contributed by atoms with E-state index in [9.17, 15) is 39.6 Å². The summed E-state index contributed by atoms with van der Waals surface area (Å²) >= 11 is 0. The first-order valence-electron chi connectivity index (χ1n) is 16.0. The van der Waals surface area contributed by atoms with Gasteiger partial charge in [-0.3, -0.25) is 24.5 Å². The maximum absolute atomic E-state index is 11.6. The van der Waals surface area contributed by atoms with Crippen molar-refractivity contribution in [2.24, 2.45) is 9.98 Å². The van der Waals surface area contributed by atoms with Gasteiger partial charge in [-0.25, -0.2) is 9.98 Å². The molecule has 0 saturated heterocycles. The van der Waals surface area contributed by atoms with E-state index in [-0.39, 0.29) is 57.0 Å². The van der Waals surface area contributed by atoms with Gasteiger partial charge < -0.3 is 25.4 Å². The van der Waals surface area contributed by atoms with E-state index in [4.69, 9.17) is 9.98 Å². The largest absolute Gasteiger partial charge is 0.481 e. The molecular weight excluding hydrogens is 616 g/mol. The van der Waals surface area contributed by atoms with Gasteiger partial charge in [0.25, 0.3) is 0 Å². The fourth-order valence-corrected chi connectivity index (χ4v) is 6.79. The molecule has 0 amide bonds. The molecule has 0 radical (unpaired) electrons. The predicted octanol–water partition coefficient (Wildman–Crippen LogP) is 3.48. The lowest BCUT2D eigenvalue weighted by Gasteiger charge is -2.13. The summed E-state index contributed by atoms with van der Waals surface area (Å²) in [5, 5.41) is 43.1. The Labute approximate surface area is 277 Å². The Kier molecular flexibility index (Phi) is 9.95. The van der Waals surface area contributed by atoms with Crippen LogP contribution in [0.2, 0.25) is 0 Å². The molecule has 0 aromatic carbocycles. The minimum atomic E-state index is -0.948. The van der Waals surface area contributed by atoms with Crippen LogP contribution in [-0.4, -0.2) is 72.8 Å². The van der Waals surface area contributed by atoms with E-state index in [1.54, 1.807) is 6.08 Å². The van der Waals surface area contributed by atoms with Crippen LogP contribution < -0.4 is 16.0 Å². The molecule has 2 unspecified atom stereocenters. The van der Waals surface area contributed by atoms with Crippen molar-refractivity contribution in [1.82, 2.24) is 10.3 Å². The zero-order valence-corrected chi connectivity index (χ0v) is 27.4. The van der Waals surface area contributed by atoms with Crippen LogP contribution in [0.3, 0.4) is 0 Å². The molecule has 48 heavy (non-hydrogen) atoms. The Bertz CT molecular complexity index is 1960. The van der Waals surface area contributed by atoms with E-state index in [2.05, 4.69) is 10.3 Å². The summed E-state index contributed by atoms with van der Waals surface area (Å²) in [5.41, 5.74) is 9.08. The number of hydrogen-bond donors (Lipinski definition) is 6. The van der Waals surface area contributed by atoms with Crippen LogP contribution in [0.4, 0.5) is 0 Å². The van der Waals surface area contributed by atoms with Gasteiger partial charge in [0, 0.05) is 48.5 Å². The van der Waals surface area contributed by atoms with E-state index in [0.717, 1.165) is 49.9 Å². The van der Waals surface area contributed by atoms with Crippen molar-refractivity contribution in [2.75, 3.05) is 0 Å². The third-order valence-electron chi connectivity index (χ3n) is 9.52. The Morgan fingerprint density at radius 2 is 1.23 bits per heavy atom. The minimum absolute atomic E-state index is 0.0433. The highest BCUT2D eigenvalue weighted by Gasteiger charge is 2.31. The predicted molar refractivity (Wildman–Crippen MR) is 180 cm³/mol. The lowest BCUT2D eigenvalue weighted by molar-refractivity contribution is -0.138. The van der Waals surface area contributed by atoms with Crippen LogP contribution >= 0.6 is 0 Å². The first-order valence-corrected chi connectivity index (χ1v) is 16.0. The molecule has 0 spiro atoms. The smallest absolute Gasteiger partial charge is 0.303 e. The Balaban J connectivity index is 1.78. The molecule has 0 saturated carbocycles. The Morgan fingerprint density at radius 3 is 1.88 bits per heavy atom. The number of aromatic nitrogens is 1. The molecule has 12 nitrogen and oxygen atoms in total. The van der Waals surface area contributed by atoms with E-state index in [1.807, 2.05) is 45.9 Å².